The summed E-state index contributed by atoms with van der Waals surface area (Å²) in [5, 5.41) is 19.3. The number of piperidine rings is 1. The van der Waals surface area contributed by atoms with Crippen molar-refractivity contribution >= 4 is 28.0 Å². The van der Waals surface area contributed by atoms with Gasteiger partial charge in [-0.3, -0.25) is 9.69 Å². The van der Waals surface area contributed by atoms with E-state index in [2.05, 4.69) is 5.32 Å². The molecule has 3 aliphatic rings. The van der Waals surface area contributed by atoms with E-state index in [1.807, 2.05) is 0 Å². The summed E-state index contributed by atoms with van der Waals surface area (Å²) in [4.78, 5) is 33.1. The molecule has 146 valence electrons. The van der Waals surface area contributed by atoms with Crippen LogP contribution in [0.15, 0.2) is 11.5 Å². The molecule has 3 N–H and O–H groups in total. The molecule has 10 nitrogen and oxygen atoms in total. The minimum absolute atomic E-state index is 0.114. The van der Waals surface area contributed by atoms with Crippen molar-refractivity contribution in [3.05, 3.63) is 11.5 Å². The Labute approximate surface area is 144 Å². The molecular weight excluding hydrogens is 389 g/mol. The summed E-state index contributed by atoms with van der Waals surface area (Å²) in [5.74, 6) is -4.94. The number of carbonyl (C=O) groups is 3. The molecule has 0 saturated carbocycles. The Bertz CT molecular complexity index is 791. The Hall–Kier alpha value is -2.35. The first-order valence-electron chi connectivity index (χ1n) is 6.99. The van der Waals surface area contributed by atoms with E-state index >= 15 is 0 Å². The monoisotopic (exact) mass is 402 g/mol. The predicted octanol–water partition coefficient (Wildman–Crippen LogP) is -0.905. The van der Waals surface area contributed by atoms with Gasteiger partial charge in [-0.1, -0.05) is 0 Å². The predicted molar refractivity (Wildman–Crippen MR) is 74.8 cm³/mol. The lowest BCUT2D eigenvalue weighted by atomic mass is 9.82. The summed E-state index contributed by atoms with van der Waals surface area (Å²) in [7, 11) is -3.83. The van der Waals surface area contributed by atoms with Crippen molar-refractivity contribution in [2.45, 2.75) is 24.7 Å². The van der Waals surface area contributed by atoms with Gasteiger partial charge in [0.25, 0.3) is 0 Å². The number of carbonyl (C=O) groups excluding carboxylic acids is 1. The van der Waals surface area contributed by atoms with Crippen molar-refractivity contribution in [2.75, 3.05) is 12.8 Å². The fourth-order valence-corrected chi connectivity index (χ4v) is 3.54. The van der Waals surface area contributed by atoms with Crippen molar-refractivity contribution in [3.63, 3.8) is 0 Å². The van der Waals surface area contributed by atoms with E-state index in [1.165, 1.54) is 0 Å². The molecule has 0 aliphatic carbocycles. The van der Waals surface area contributed by atoms with Gasteiger partial charge in [-0.25, -0.2) is 9.59 Å². The Kier molecular flexibility index (Phi) is 4.93. The van der Waals surface area contributed by atoms with Crippen LogP contribution in [0.4, 0.5) is 13.2 Å². The van der Waals surface area contributed by atoms with Crippen LogP contribution in [0.1, 0.15) is 6.42 Å². The Morgan fingerprint density at radius 3 is 2.27 bits per heavy atom. The fourth-order valence-electron chi connectivity index (χ4n) is 3.01. The topological polar surface area (TPSA) is 150 Å². The molecule has 0 aromatic heterocycles. The van der Waals surface area contributed by atoms with Gasteiger partial charge in [0.1, 0.15) is 6.04 Å². The molecule has 1 amide bonds. The van der Waals surface area contributed by atoms with Crippen molar-refractivity contribution in [3.8, 4) is 0 Å². The second kappa shape index (κ2) is 6.42. The standard InChI is InChI=1S/C10H12N2O6S.C2HF3O2/c1-19(16,17)18-8-4-2-3-11-5-6(4)12(9(5)13)7(8)10(14)15;3-2(4,5)1(6)7/h4-6,11H,2-3H2,1H3,(H,14,15);(H,6,7)/t4?,5?,6-;/m1./s1. The number of nitrogens with zero attached hydrogens (tertiary/aromatic N) is 1. The number of β-lactam (4-membered cyclic amide) rings is 1. The number of amides is 1. The average Bonchev–Trinajstić information content (AvgIpc) is 2.78. The lowest BCUT2D eigenvalue weighted by Gasteiger charge is -2.48. The van der Waals surface area contributed by atoms with Gasteiger partial charge in [-0.2, -0.15) is 21.6 Å². The van der Waals surface area contributed by atoms with Gasteiger partial charge in [0, 0.05) is 5.92 Å². The normalized spacial score (nSPS) is 27.2. The first kappa shape index (κ1) is 20.0. The van der Waals surface area contributed by atoms with Crippen molar-refractivity contribution in [1.29, 1.82) is 0 Å². The van der Waals surface area contributed by atoms with Gasteiger partial charge >= 0.3 is 28.2 Å². The molecule has 3 heterocycles. The number of nitrogens with one attached hydrogen (secondary N) is 1. The number of hydrogen-bond acceptors (Lipinski definition) is 7. The van der Waals surface area contributed by atoms with Gasteiger partial charge in [-0.15, -0.1) is 0 Å². The van der Waals surface area contributed by atoms with Gasteiger partial charge in [-0.05, 0) is 13.0 Å². The molecular formula is C12H13F3N2O8S. The molecule has 26 heavy (non-hydrogen) atoms. The summed E-state index contributed by atoms with van der Waals surface area (Å²) in [6.45, 7) is 0.523. The summed E-state index contributed by atoms with van der Waals surface area (Å²) >= 11 is 0. The summed E-state index contributed by atoms with van der Waals surface area (Å²) in [5.41, 5.74) is -0.342. The van der Waals surface area contributed by atoms with Crippen LogP contribution >= 0.6 is 0 Å². The summed E-state index contributed by atoms with van der Waals surface area (Å²) < 4.78 is 59.1. The van der Waals surface area contributed by atoms with E-state index in [9.17, 15) is 36.3 Å². The van der Waals surface area contributed by atoms with E-state index in [4.69, 9.17) is 14.1 Å². The zero-order valence-corrected chi connectivity index (χ0v) is 13.8. The number of aliphatic carboxylic acids is 2. The maximum Gasteiger partial charge on any atom is 0.490 e. The highest BCUT2D eigenvalue weighted by Crippen LogP contribution is 2.46. The third-order valence-corrected chi connectivity index (χ3v) is 4.35. The molecule has 2 fully saturated rings. The maximum atomic E-state index is 11.8. The minimum atomic E-state index is -5.08. The average molecular weight is 402 g/mol. The van der Waals surface area contributed by atoms with Crippen molar-refractivity contribution < 1.29 is 50.4 Å². The quantitative estimate of drug-likeness (QED) is 0.403. The maximum absolute atomic E-state index is 11.8. The zero-order chi connectivity index (χ0) is 20.0. The molecule has 2 unspecified atom stereocenters. The molecule has 3 rings (SSSR count). The van der Waals surface area contributed by atoms with Gasteiger partial charge in [0.2, 0.25) is 5.91 Å². The first-order valence-corrected chi connectivity index (χ1v) is 8.81. The number of alkyl halides is 3. The lowest BCUT2D eigenvalue weighted by molar-refractivity contribution is -0.192. The number of hydrogen-bond donors (Lipinski definition) is 3. The third kappa shape index (κ3) is 3.60. The second-order valence-electron chi connectivity index (χ2n) is 5.63. The fraction of sp³-hybridized carbons (Fsp3) is 0.583. The van der Waals surface area contributed by atoms with Crippen LogP contribution in [-0.2, 0) is 28.7 Å². The highest BCUT2D eigenvalue weighted by atomic mass is 32.2. The van der Waals surface area contributed by atoms with Crippen LogP contribution in [0.2, 0.25) is 0 Å². The molecule has 0 aromatic rings. The Balaban J connectivity index is 0.000000298. The second-order valence-corrected chi connectivity index (χ2v) is 7.21. The van der Waals surface area contributed by atoms with E-state index < -0.39 is 34.3 Å². The van der Waals surface area contributed by atoms with E-state index in [0.29, 0.717) is 13.0 Å². The third-order valence-electron chi connectivity index (χ3n) is 3.87. The summed E-state index contributed by atoms with van der Waals surface area (Å²) in [6.07, 6.45) is -3.69. The SMILES string of the molecule is CS(=O)(=O)OC1=C(C(=O)O)N2C(=O)C3NCCC1[C@H]32.O=C(O)C(F)(F)F. The zero-order valence-electron chi connectivity index (χ0n) is 13.0. The van der Waals surface area contributed by atoms with Crippen molar-refractivity contribution in [2.24, 2.45) is 5.92 Å². The van der Waals surface area contributed by atoms with Gasteiger partial charge < -0.3 is 19.7 Å². The smallest absolute Gasteiger partial charge is 0.476 e. The van der Waals surface area contributed by atoms with Crippen LogP contribution < -0.4 is 5.32 Å². The van der Waals surface area contributed by atoms with Gasteiger partial charge in [0.15, 0.2) is 11.5 Å². The molecule has 0 radical (unpaired) electrons. The summed E-state index contributed by atoms with van der Waals surface area (Å²) in [6, 6.07) is -0.780. The molecule has 3 atom stereocenters. The number of rotatable bonds is 3. The molecule has 0 spiro atoms. The highest BCUT2D eigenvalue weighted by Gasteiger charge is 2.62. The molecule has 3 aliphatic heterocycles. The van der Waals surface area contributed by atoms with Crippen LogP contribution in [0.3, 0.4) is 0 Å². The van der Waals surface area contributed by atoms with Crippen LogP contribution in [0.25, 0.3) is 0 Å². The lowest BCUT2D eigenvalue weighted by Crippen LogP contribution is -2.71. The number of halogens is 3. The molecule has 0 aromatic carbocycles. The number of carboxylic acids is 2. The van der Waals surface area contributed by atoms with Crippen LogP contribution in [-0.4, -0.2) is 72.4 Å². The van der Waals surface area contributed by atoms with E-state index in [0.717, 1.165) is 11.2 Å². The van der Waals surface area contributed by atoms with E-state index in [1.54, 1.807) is 0 Å². The van der Waals surface area contributed by atoms with Crippen LogP contribution in [0, 0.1) is 5.92 Å². The Morgan fingerprint density at radius 2 is 1.85 bits per heavy atom. The first-order chi connectivity index (χ1) is 11.8. The largest absolute Gasteiger partial charge is 0.490 e. The van der Waals surface area contributed by atoms with Gasteiger partial charge in [0.05, 0.1) is 12.3 Å². The van der Waals surface area contributed by atoms with Crippen molar-refractivity contribution in [1.82, 2.24) is 10.2 Å². The number of carboxylic acid groups (broad SMARTS) is 2. The minimum Gasteiger partial charge on any atom is -0.476 e. The highest BCUT2D eigenvalue weighted by molar-refractivity contribution is 7.86. The van der Waals surface area contributed by atoms with E-state index in [-0.39, 0.29) is 29.3 Å². The Morgan fingerprint density at radius 1 is 1.31 bits per heavy atom. The molecule has 14 heteroatoms. The van der Waals surface area contributed by atoms with Crippen LogP contribution in [0.5, 0.6) is 0 Å². The molecule has 2 saturated heterocycles. The molecule has 0 bridgehead atoms.